The van der Waals surface area contributed by atoms with E-state index in [0.29, 0.717) is 24.5 Å². The van der Waals surface area contributed by atoms with Crippen LogP contribution in [-0.2, 0) is 22.6 Å². The summed E-state index contributed by atoms with van der Waals surface area (Å²) in [6.07, 6.45) is -2.80. The molecular weight excluding hydrogens is 482 g/mol. The van der Waals surface area contributed by atoms with E-state index in [4.69, 9.17) is 0 Å². The van der Waals surface area contributed by atoms with Gasteiger partial charge in [-0.05, 0) is 38.0 Å². The van der Waals surface area contributed by atoms with Crippen LogP contribution in [0.2, 0.25) is 0 Å². The molecule has 0 aromatic heterocycles. The maximum absolute atomic E-state index is 12.7. The van der Waals surface area contributed by atoms with Gasteiger partial charge < -0.3 is 10.6 Å². The van der Waals surface area contributed by atoms with E-state index in [9.17, 15) is 21.6 Å². The first-order valence-corrected chi connectivity index (χ1v) is 9.96. The van der Waals surface area contributed by atoms with E-state index in [1.807, 2.05) is 13.8 Å². The molecule has 150 valence electrons. The highest BCUT2D eigenvalue weighted by Gasteiger charge is 2.30. The number of alkyl halides is 3. The Hall–Kier alpha value is -1.04. The number of nitrogens with one attached hydrogen (secondary N) is 2. The summed E-state index contributed by atoms with van der Waals surface area (Å²) in [7, 11) is -3.05. The zero-order valence-electron chi connectivity index (χ0n) is 14.9. The number of hydrogen-bond donors (Lipinski definition) is 2. The van der Waals surface area contributed by atoms with Gasteiger partial charge in [-0.25, -0.2) is 13.4 Å². The molecule has 1 aromatic carbocycles. The molecule has 1 atom stereocenters. The Kier molecular flexibility index (Phi) is 10.5. The van der Waals surface area contributed by atoms with Crippen molar-refractivity contribution < 1.29 is 21.6 Å². The first-order chi connectivity index (χ1) is 11.5. The van der Waals surface area contributed by atoms with E-state index in [1.54, 1.807) is 6.07 Å². The van der Waals surface area contributed by atoms with Gasteiger partial charge in [0, 0.05) is 18.8 Å². The zero-order valence-corrected chi connectivity index (χ0v) is 18.1. The molecule has 1 unspecified atom stereocenters. The summed E-state index contributed by atoms with van der Waals surface area (Å²) in [5, 5.41) is 6.05. The van der Waals surface area contributed by atoms with Crippen molar-refractivity contribution in [2.45, 2.75) is 39.0 Å². The quantitative estimate of drug-likeness (QED) is 0.338. The van der Waals surface area contributed by atoms with E-state index in [2.05, 4.69) is 15.6 Å². The standard InChI is InChI=1S/C16H24F3N3O2S.HI/c1-4-20-15(22-12(2)8-9-25(3,23)24)21-11-13-6-5-7-14(10-13)16(17,18)19;/h5-7,10,12H,4,8-9,11H2,1-3H3,(H2,20,21,22);1H. The van der Waals surface area contributed by atoms with Crippen LogP contribution in [0.15, 0.2) is 29.3 Å². The van der Waals surface area contributed by atoms with E-state index >= 15 is 0 Å². The second kappa shape index (κ2) is 11.0. The summed E-state index contributed by atoms with van der Waals surface area (Å²) in [5.41, 5.74) is -0.268. The summed E-state index contributed by atoms with van der Waals surface area (Å²) < 4.78 is 60.6. The lowest BCUT2D eigenvalue weighted by Gasteiger charge is -2.17. The largest absolute Gasteiger partial charge is 0.416 e. The minimum absolute atomic E-state index is 0. The first-order valence-electron chi connectivity index (χ1n) is 7.90. The van der Waals surface area contributed by atoms with Crippen molar-refractivity contribution in [1.82, 2.24) is 10.6 Å². The average molecular weight is 507 g/mol. The van der Waals surface area contributed by atoms with Crippen LogP contribution in [0.25, 0.3) is 0 Å². The molecule has 2 N–H and O–H groups in total. The van der Waals surface area contributed by atoms with Crippen molar-refractivity contribution in [3.8, 4) is 0 Å². The molecule has 0 spiro atoms. The van der Waals surface area contributed by atoms with Gasteiger partial charge in [-0.2, -0.15) is 13.2 Å². The first kappa shape index (κ1) is 25.0. The molecule has 1 rings (SSSR count). The molecule has 5 nitrogen and oxygen atoms in total. The Labute approximate surface area is 169 Å². The third-order valence-electron chi connectivity index (χ3n) is 3.32. The van der Waals surface area contributed by atoms with Crippen LogP contribution >= 0.6 is 24.0 Å². The molecule has 0 aliphatic carbocycles. The fourth-order valence-corrected chi connectivity index (χ4v) is 2.81. The second-order valence-corrected chi connectivity index (χ2v) is 8.12. The lowest BCUT2D eigenvalue weighted by Crippen LogP contribution is -2.42. The Morgan fingerprint density at radius 2 is 1.96 bits per heavy atom. The zero-order chi connectivity index (χ0) is 19.1. The number of nitrogens with zero attached hydrogens (tertiary/aromatic N) is 1. The van der Waals surface area contributed by atoms with Crippen LogP contribution in [-0.4, -0.2) is 39.0 Å². The summed E-state index contributed by atoms with van der Waals surface area (Å²) in [6.45, 7) is 4.34. The lowest BCUT2D eigenvalue weighted by molar-refractivity contribution is -0.137. The Bertz CT molecular complexity index is 694. The molecule has 0 aliphatic rings. The monoisotopic (exact) mass is 507 g/mol. The number of guanidine groups is 1. The van der Waals surface area contributed by atoms with Crippen LogP contribution in [0.3, 0.4) is 0 Å². The van der Waals surface area contributed by atoms with Crippen molar-refractivity contribution in [2.24, 2.45) is 4.99 Å². The highest BCUT2D eigenvalue weighted by atomic mass is 127. The molecule has 0 saturated carbocycles. The van der Waals surface area contributed by atoms with E-state index in [0.717, 1.165) is 12.1 Å². The predicted octanol–water partition coefficient (Wildman–Crippen LogP) is 3.20. The maximum Gasteiger partial charge on any atom is 0.416 e. The van der Waals surface area contributed by atoms with Crippen molar-refractivity contribution in [3.63, 3.8) is 0 Å². The number of aliphatic imine (C=N–C) groups is 1. The molecule has 0 bridgehead atoms. The molecule has 0 amide bonds. The minimum atomic E-state index is -4.39. The Morgan fingerprint density at radius 1 is 1.31 bits per heavy atom. The van der Waals surface area contributed by atoms with Gasteiger partial charge in [0.05, 0.1) is 17.9 Å². The third-order valence-corrected chi connectivity index (χ3v) is 4.30. The number of sulfone groups is 1. The molecule has 0 fully saturated rings. The second-order valence-electron chi connectivity index (χ2n) is 5.86. The van der Waals surface area contributed by atoms with Gasteiger partial charge in [0.15, 0.2) is 5.96 Å². The van der Waals surface area contributed by atoms with Gasteiger partial charge in [0.1, 0.15) is 9.84 Å². The topological polar surface area (TPSA) is 70.6 Å². The number of rotatable bonds is 7. The van der Waals surface area contributed by atoms with Crippen molar-refractivity contribution in [1.29, 1.82) is 0 Å². The van der Waals surface area contributed by atoms with Gasteiger partial charge in [-0.15, -0.1) is 24.0 Å². The SMILES string of the molecule is CCNC(=NCc1cccc(C(F)(F)F)c1)NC(C)CCS(C)(=O)=O.I. The normalized spacial score (nSPS) is 13.7. The maximum atomic E-state index is 12.7. The van der Waals surface area contributed by atoms with Crippen LogP contribution < -0.4 is 10.6 Å². The number of benzene rings is 1. The summed E-state index contributed by atoms with van der Waals surface area (Å²) in [5.74, 6) is 0.481. The molecule has 10 heteroatoms. The van der Waals surface area contributed by atoms with Crippen LogP contribution in [0.4, 0.5) is 13.2 Å². The van der Waals surface area contributed by atoms with Gasteiger partial charge in [0.25, 0.3) is 0 Å². The summed E-state index contributed by atoms with van der Waals surface area (Å²) in [4.78, 5) is 4.27. The van der Waals surface area contributed by atoms with Crippen LogP contribution in [0, 0.1) is 0 Å². The Balaban J connectivity index is 0.00000625. The van der Waals surface area contributed by atoms with Crippen molar-refractivity contribution in [2.75, 3.05) is 18.6 Å². The van der Waals surface area contributed by atoms with Gasteiger partial charge in [0.2, 0.25) is 0 Å². The third kappa shape index (κ3) is 10.2. The molecule has 0 radical (unpaired) electrons. The van der Waals surface area contributed by atoms with Gasteiger partial charge in [-0.3, -0.25) is 0 Å². The molecule has 1 aromatic rings. The average Bonchev–Trinajstić information content (AvgIpc) is 2.50. The van der Waals surface area contributed by atoms with E-state index in [1.165, 1.54) is 12.3 Å². The van der Waals surface area contributed by atoms with E-state index in [-0.39, 0.29) is 42.3 Å². The lowest BCUT2D eigenvalue weighted by atomic mass is 10.1. The highest BCUT2D eigenvalue weighted by Crippen LogP contribution is 2.29. The van der Waals surface area contributed by atoms with Crippen LogP contribution in [0.5, 0.6) is 0 Å². The highest BCUT2D eigenvalue weighted by molar-refractivity contribution is 14.0. The smallest absolute Gasteiger partial charge is 0.357 e. The van der Waals surface area contributed by atoms with E-state index < -0.39 is 21.6 Å². The summed E-state index contributed by atoms with van der Waals surface area (Å²) >= 11 is 0. The van der Waals surface area contributed by atoms with Crippen LogP contribution in [0.1, 0.15) is 31.4 Å². The number of hydrogen-bond acceptors (Lipinski definition) is 3. The Morgan fingerprint density at radius 3 is 2.50 bits per heavy atom. The van der Waals surface area contributed by atoms with Gasteiger partial charge in [-0.1, -0.05) is 12.1 Å². The molecule has 0 aliphatic heterocycles. The predicted molar refractivity (Wildman–Crippen MR) is 109 cm³/mol. The summed E-state index contributed by atoms with van der Waals surface area (Å²) in [6, 6.07) is 4.87. The molecule has 0 heterocycles. The van der Waals surface area contributed by atoms with Crippen molar-refractivity contribution in [3.05, 3.63) is 35.4 Å². The number of halogens is 4. The molecule has 26 heavy (non-hydrogen) atoms. The fraction of sp³-hybridized carbons (Fsp3) is 0.562. The fourth-order valence-electron chi connectivity index (χ4n) is 2.03. The van der Waals surface area contributed by atoms with Gasteiger partial charge >= 0.3 is 6.18 Å². The minimum Gasteiger partial charge on any atom is -0.357 e. The molecular formula is C16H25F3IN3O2S. The van der Waals surface area contributed by atoms with Crippen molar-refractivity contribution >= 4 is 39.8 Å². The molecule has 0 saturated heterocycles.